The molecule has 0 saturated heterocycles. The van der Waals surface area contributed by atoms with Crippen LogP contribution in [0.25, 0.3) is 0 Å². The van der Waals surface area contributed by atoms with Crippen molar-refractivity contribution in [1.82, 2.24) is 4.98 Å². The first-order valence-corrected chi connectivity index (χ1v) is 9.98. The molecule has 0 spiro atoms. The van der Waals surface area contributed by atoms with Gasteiger partial charge >= 0.3 is 0 Å². The quantitative estimate of drug-likeness (QED) is 0.662. The van der Waals surface area contributed by atoms with Crippen molar-refractivity contribution in [2.45, 2.75) is 39.0 Å². The minimum absolute atomic E-state index is 0.0401. The van der Waals surface area contributed by atoms with Crippen LogP contribution in [0, 0.1) is 0 Å². The number of benzene rings is 2. The Morgan fingerprint density at radius 3 is 2.53 bits per heavy atom. The van der Waals surface area contributed by atoms with E-state index in [-0.39, 0.29) is 17.1 Å². The van der Waals surface area contributed by atoms with Crippen molar-refractivity contribution in [2.75, 3.05) is 5.32 Å². The van der Waals surface area contributed by atoms with Gasteiger partial charge in [-0.3, -0.25) is 14.6 Å². The molecular formula is C25H24N2O3. The Hall–Kier alpha value is -3.47. The first-order chi connectivity index (χ1) is 14.3. The highest BCUT2D eigenvalue weighted by Crippen LogP contribution is 2.32. The van der Waals surface area contributed by atoms with E-state index in [0.717, 1.165) is 11.3 Å². The van der Waals surface area contributed by atoms with Crippen molar-refractivity contribution in [3.63, 3.8) is 0 Å². The Kier molecular flexibility index (Phi) is 5.12. The molecule has 2 aromatic carbocycles. The number of nitrogens with one attached hydrogen (secondary N) is 1. The third-order valence-corrected chi connectivity index (χ3v) is 5.17. The molecule has 1 aromatic heterocycles. The summed E-state index contributed by atoms with van der Waals surface area (Å²) in [4.78, 5) is 28.6. The van der Waals surface area contributed by atoms with Crippen LogP contribution in [0.2, 0.25) is 0 Å². The molecule has 30 heavy (non-hydrogen) atoms. The lowest BCUT2D eigenvalue weighted by Crippen LogP contribution is -2.14. The standard InChI is InChI=1S/C25H24N2O3/c1-25(2,3)17-9-7-16(8-10-17)24(29)27-18-5-4-6-20(13-18)30-23-11-12-26-22-15-19(28)14-21(22)23/h4-13H,14-15H2,1-3H3,(H,27,29). The molecule has 4 rings (SSSR count). The number of fused-ring (bicyclic) bond motifs is 1. The number of rotatable bonds is 4. The normalized spacial score (nSPS) is 13.1. The molecule has 1 aliphatic rings. The third-order valence-electron chi connectivity index (χ3n) is 5.17. The highest BCUT2D eigenvalue weighted by Gasteiger charge is 2.23. The Morgan fingerprint density at radius 2 is 1.80 bits per heavy atom. The zero-order chi connectivity index (χ0) is 21.3. The van der Waals surface area contributed by atoms with Crippen molar-refractivity contribution in [3.8, 4) is 11.5 Å². The van der Waals surface area contributed by atoms with Crippen LogP contribution >= 0.6 is 0 Å². The van der Waals surface area contributed by atoms with Gasteiger partial charge in [0.25, 0.3) is 5.91 Å². The third kappa shape index (κ3) is 4.25. The molecular weight excluding hydrogens is 376 g/mol. The van der Waals surface area contributed by atoms with Gasteiger partial charge in [0.1, 0.15) is 17.3 Å². The molecule has 1 N–H and O–H groups in total. The highest BCUT2D eigenvalue weighted by atomic mass is 16.5. The largest absolute Gasteiger partial charge is 0.457 e. The van der Waals surface area contributed by atoms with Gasteiger partial charge in [-0.2, -0.15) is 0 Å². The van der Waals surface area contributed by atoms with Gasteiger partial charge in [-0.05, 0) is 41.3 Å². The zero-order valence-corrected chi connectivity index (χ0v) is 17.4. The summed E-state index contributed by atoms with van der Waals surface area (Å²) in [5.41, 5.74) is 4.08. The Balaban J connectivity index is 1.49. The van der Waals surface area contributed by atoms with E-state index in [9.17, 15) is 9.59 Å². The van der Waals surface area contributed by atoms with Crippen LogP contribution in [0.4, 0.5) is 5.69 Å². The number of Topliss-reactive ketones (excluding diaryl/α,β-unsaturated/α-hetero) is 1. The monoisotopic (exact) mass is 400 g/mol. The maximum atomic E-state index is 12.6. The molecule has 0 aliphatic heterocycles. The first-order valence-electron chi connectivity index (χ1n) is 9.98. The van der Waals surface area contributed by atoms with Crippen LogP contribution in [0.3, 0.4) is 0 Å². The average Bonchev–Trinajstić information content (AvgIpc) is 3.09. The van der Waals surface area contributed by atoms with Crippen molar-refractivity contribution < 1.29 is 14.3 Å². The zero-order valence-electron chi connectivity index (χ0n) is 17.4. The number of carbonyl (C=O) groups is 2. The van der Waals surface area contributed by atoms with Gasteiger partial charge in [0.15, 0.2) is 0 Å². The molecule has 0 unspecified atom stereocenters. The lowest BCUT2D eigenvalue weighted by Gasteiger charge is -2.19. The summed E-state index contributed by atoms with van der Waals surface area (Å²) in [7, 11) is 0. The fourth-order valence-electron chi connectivity index (χ4n) is 3.49. The molecule has 1 amide bonds. The molecule has 3 aromatic rings. The number of hydrogen-bond acceptors (Lipinski definition) is 4. The number of hydrogen-bond donors (Lipinski definition) is 1. The summed E-state index contributed by atoms with van der Waals surface area (Å²) in [6, 6.07) is 16.6. The van der Waals surface area contributed by atoms with Gasteiger partial charge in [0, 0.05) is 41.9 Å². The van der Waals surface area contributed by atoms with E-state index in [1.165, 1.54) is 5.56 Å². The molecule has 0 bridgehead atoms. The van der Waals surface area contributed by atoms with Crippen LogP contribution in [-0.2, 0) is 23.1 Å². The number of ketones is 1. The topological polar surface area (TPSA) is 68.3 Å². The van der Waals surface area contributed by atoms with Crippen molar-refractivity contribution in [2.24, 2.45) is 0 Å². The summed E-state index contributed by atoms with van der Waals surface area (Å²) in [5, 5.41) is 2.92. The Labute approximate surface area is 176 Å². The summed E-state index contributed by atoms with van der Waals surface area (Å²) in [6.07, 6.45) is 2.36. The fraction of sp³-hybridized carbons (Fsp3) is 0.240. The molecule has 0 saturated carbocycles. The van der Waals surface area contributed by atoms with E-state index < -0.39 is 0 Å². The number of amides is 1. The van der Waals surface area contributed by atoms with Crippen molar-refractivity contribution in [3.05, 3.63) is 83.2 Å². The first kappa shape index (κ1) is 19.8. The molecule has 152 valence electrons. The van der Waals surface area contributed by atoms with Crippen LogP contribution < -0.4 is 10.1 Å². The smallest absolute Gasteiger partial charge is 0.255 e. The predicted molar refractivity (Wildman–Crippen MR) is 116 cm³/mol. The molecule has 0 atom stereocenters. The lowest BCUT2D eigenvalue weighted by atomic mass is 9.87. The van der Waals surface area contributed by atoms with Gasteiger partial charge in [0.2, 0.25) is 0 Å². The minimum atomic E-state index is -0.178. The second-order valence-corrected chi connectivity index (χ2v) is 8.54. The summed E-state index contributed by atoms with van der Waals surface area (Å²) in [5.74, 6) is 1.19. The highest BCUT2D eigenvalue weighted by molar-refractivity contribution is 6.04. The maximum absolute atomic E-state index is 12.6. The van der Waals surface area contributed by atoms with Gasteiger partial charge in [-0.1, -0.05) is 39.0 Å². The number of ether oxygens (including phenoxy) is 1. The van der Waals surface area contributed by atoms with E-state index in [2.05, 4.69) is 31.1 Å². The molecule has 5 heteroatoms. The Morgan fingerprint density at radius 1 is 1.03 bits per heavy atom. The summed E-state index contributed by atoms with van der Waals surface area (Å²) in [6.45, 7) is 6.42. The summed E-state index contributed by atoms with van der Waals surface area (Å²) >= 11 is 0. The van der Waals surface area contributed by atoms with Crippen LogP contribution in [0.1, 0.15) is 48.0 Å². The number of anilines is 1. The molecule has 0 radical (unpaired) electrons. The predicted octanol–water partition coefficient (Wildman–Crippen LogP) is 5.09. The summed E-state index contributed by atoms with van der Waals surface area (Å²) < 4.78 is 6.01. The van der Waals surface area contributed by atoms with E-state index >= 15 is 0 Å². The number of aromatic nitrogens is 1. The molecule has 0 fully saturated rings. The van der Waals surface area contributed by atoms with Crippen LogP contribution in [-0.4, -0.2) is 16.7 Å². The minimum Gasteiger partial charge on any atom is -0.457 e. The van der Waals surface area contributed by atoms with Crippen LogP contribution in [0.5, 0.6) is 11.5 Å². The molecule has 5 nitrogen and oxygen atoms in total. The van der Waals surface area contributed by atoms with E-state index in [1.807, 2.05) is 42.5 Å². The lowest BCUT2D eigenvalue weighted by molar-refractivity contribution is -0.117. The SMILES string of the molecule is CC(C)(C)c1ccc(C(=O)Nc2cccc(Oc3ccnc4c3CC(=O)C4)c2)cc1. The second kappa shape index (κ2) is 7.75. The second-order valence-electron chi connectivity index (χ2n) is 8.54. The Bertz CT molecular complexity index is 1110. The number of carbonyl (C=O) groups excluding carboxylic acids is 2. The van der Waals surface area contributed by atoms with E-state index in [1.54, 1.807) is 18.3 Å². The van der Waals surface area contributed by atoms with Gasteiger partial charge in [-0.25, -0.2) is 0 Å². The van der Waals surface area contributed by atoms with Crippen LogP contribution in [0.15, 0.2) is 60.8 Å². The van der Waals surface area contributed by atoms with E-state index in [4.69, 9.17) is 4.74 Å². The number of pyridine rings is 1. The van der Waals surface area contributed by atoms with Crippen molar-refractivity contribution in [1.29, 1.82) is 0 Å². The van der Waals surface area contributed by atoms with E-state index in [0.29, 0.717) is 35.6 Å². The fourth-order valence-corrected chi connectivity index (χ4v) is 3.49. The van der Waals surface area contributed by atoms with Gasteiger partial charge < -0.3 is 10.1 Å². The van der Waals surface area contributed by atoms with Gasteiger partial charge in [0.05, 0.1) is 5.69 Å². The molecule has 1 aliphatic carbocycles. The maximum Gasteiger partial charge on any atom is 0.255 e. The molecule has 1 heterocycles. The number of nitrogens with zero attached hydrogens (tertiary/aromatic N) is 1. The average molecular weight is 400 g/mol. The van der Waals surface area contributed by atoms with Gasteiger partial charge in [-0.15, -0.1) is 0 Å². The van der Waals surface area contributed by atoms with Crippen molar-refractivity contribution >= 4 is 17.4 Å².